The third-order valence-electron chi connectivity index (χ3n) is 1.59. The number of azide groups is 1. The SMILES string of the molecule is CC1(CN=[N+]=[N-])COC(=O)OC1. The minimum atomic E-state index is -0.659. The van der Waals surface area contributed by atoms with Crippen molar-refractivity contribution in [3.05, 3.63) is 10.4 Å². The van der Waals surface area contributed by atoms with Crippen molar-refractivity contribution >= 4 is 6.16 Å². The highest BCUT2D eigenvalue weighted by molar-refractivity contribution is 5.60. The first kappa shape index (κ1) is 8.67. The Bertz CT molecular complexity index is 224. The predicted octanol–water partition coefficient (Wildman–Crippen LogP) is 1.47. The standard InChI is InChI=1S/C6H9N3O3/c1-6(2-8-9-7)3-11-5(10)12-4-6/h2-4H2,1H3. The number of hydrogen-bond acceptors (Lipinski definition) is 4. The molecule has 1 fully saturated rings. The average molecular weight is 171 g/mol. The van der Waals surface area contributed by atoms with Crippen molar-refractivity contribution in [2.24, 2.45) is 10.5 Å². The molecule has 0 unspecified atom stereocenters. The Kier molecular flexibility index (Phi) is 2.40. The van der Waals surface area contributed by atoms with Gasteiger partial charge in [-0.1, -0.05) is 12.0 Å². The van der Waals surface area contributed by atoms with Crippen LogP contribution in [-0.2, 0) is 9.47 Å². The maximum atomic E-state index is 10.5. The molecule has 6 nitrogen and oxygen atoms in total. The summed E-state index contributed by atoms with van der Waals surface area (Å²) in [4.78, 5) is 13.1. The minimum Gasteiger partial charge on any atom is -0.434 e. The molecule has 1 aliphatic rings. The summed E-state index contributed by atoms with van der Waals surface area (Å²) in [5.74, 6) is 0. The highest BCUT2D eigenvalue weighted by Gasteiger charge is 2.32. The van der Waals surface area contributed by atoms with Crippen LogP contribution in [0.3, 0.4) is 0 Å². The number of hydrogen-bond donors (Lipinski definition) is 0. The predicted molar refractivity (Wildman–Crippen MR) is 39.4 cm³/mol. The molecule has 6 heteroatoms. The summed E-state index contributed by atoms with van der Waals surface area (Å²) in [6.07, 6.45) is -0.659. The van der Waals surface area contributed by atoms with E-state index >= 15 is 0 Å². The summed E-state index contributed by atoms with van der Waals surface area (Å²) in [6.45, 7) is 2.58. The van der Waals surface area contributed by atoms with Gasteiger partial charge >= 0.3 is 6.16 Å². The molecule has 0 radical (unpaired) electrons. The lowest BCUT2D eigenvalue weighted by Gasteiger charge is -2.30. The fourth-order valence-corrected chi connectivity index (χ4v) is 0.843. The summed E-state index contributed by atoms with van der Waals surface area (Å²) >= 11 is 0. The summed E-state index contributed by atoms with van der Waals surface area (Å²) in [5.41, 5.74) is 7.70. The van der Waals surface area contributed by atoms with Gasteiger partial charge in [-0.3, -0.25) is 0 Å². The number of nitrogens with zero attached hydrogens (tertiary/aromatic N) is 3. The number of carbonyl (C=O) groups excluding carboxylic acids is 1. The Hall–Kier alpha value is -1.42. The number of cyclic esters (lactones) is 2. The van der Waals surface area contributed by atoms with Gasteiger partial charge in [-0.05, 0) is 5.53 Å². The number of rotatable bonds is 2. The molecule has 0 spiro atoms. The molecule has 0 aromatic rings. The average Bonchev–Trinajstić information content (AvgIpc) is 2.08. The normalized spacial score (nSPS) is 20.2. The summed E-state index contributed by atoms with van der Waals surface area (Å²) < 4.78 is 9.29. The highest BCUT2D eigenvalue weighted by atomic mass is 16.7. The molecule has 1 rings (SSSR count). The number of ether oxygens (including phenoxy) is 2. The topological polar surface area (TPSA) is 84.3 Å². The van der Waals surface area contributed by atoms with E-state index in [1.807, 2.05) is 6.92 Å². The highest BCUT2D eigenvalue weighted by Crippen LogP contribution is 2.22. The van der Waals surface area contributed by atoms with Crippen molar-refractivity contribution in [2.75, 3.05) is 19.8 Å². The molecular formula is C6H9N3O3. The molecule has 0 atom stereocenters. The quantitative estimate of drug-likeness (QED) is 0.273. The molecule has 0 aromatic heterocycles. The maximum Gasteiger partial charge on any atom is 0.508 e. The molecular weight excluding hydrogens is 162 g/mol. The van der Waals surface area contributed by atoms with E-state index in [4.69, 9.17) is 5.53 Å². The zero-order valence-electron chi connectivity index (χ0n) is 6.69. The van der Waals surface area contributed by atoms with E-state index in [1.165, 1.54) is 0 Å². The van der Waals surface area contributed by atoms with E-state index in [0.717, 1.165) is 0 Å². The van der Waals surface area contributed by atoms with Gasteiger partial charge in [0.2, 0.25) is 0 Å². The molecule has 0 saturated carbocycles. The molecule has 0 N–H and O–H groups in total. The van der Waals surface area contributed by atoms with Crippen LogP contribution in [0.2, 0.25) is 0 Å². The summed E-state index contributed by atoms with van der Waals surface area (Å²) in [5, 5.41) is 3.40. The van der Waals surface area contributed by atoms with Crippen LogP contribution in [-0.4, -0.2) is 25.9 Å². The smallest absolute Gasteiger partial charge is 0.434 e. The molecule has 1 aliphatic heterocycles. The van der Waals surface area contributed by atoms with Gasteiger partial charge in [0.15, 0.2) is 0 Å². The zero-order valence-corrected chi connectivity index (χ0v) is 6.69. The van der Waals surface area contributed by atoms with Gasteiger partial charge < -0.3 is 9.47 Å². The molecule has 0 aliphatic carbocycles. The van der Waals surface area contributed by atoms with Crippen molar-refractivity contribution < 1.29 is 14.3 Å². The van der Waals surface area contributed by atoms with Crippen molar-refractivity contribution in [2.45, 2.75) is 6.92 Å². The lowest BCUT2D eigenvalue weighted by atomic mass is 9.93. The largest absolute Gasteiger partial charge is 0.508 e. The van der Waals surface area contributed by atoms with E-state index in [-0.39, 0.29) is 25.2 Å². The fraction of sp³-hybridized carbons (Fsp3) is 0.833. The molecule has 0 amide bonds. The third kappa shape index (κ3) is 2.03. The van der Waals surface area contributed by atoms with Crippen molar-refractivity contribution in [3.63, 3.8) is 0 Å². The second kappa shape index (κ2) is 3.32. The van der Waals surface area contributed by atoms with Gasteiger partial charge in [0.05, 0.1) is 0 Å². The van der Waals surface area contributed by atoms with Crippen LogP contribution in [0.4, 0.5) is 4.79 Å². The van der Waals surface area contributed by atoms with Gasteiger partial charge in [0, 0.05) is 16.9 Å². The minimum absolute atomic E-state index is 0.241. The Morgan fingerprint density at radius 2 is 2.25 bits per heavy atom. The Morgan fingerprint density at radius 1 is 1.67 bits per heavy atom. The maximum absolute atomic E-state index is 10.5. The first-order valence-corrected chi connectivity index (χ1v) is 3.47. The van der Waals surface area contributed by atoms with Crippen LogP contribution >= 0.6 is 0 Å². The second-order valence-electron chi connectivity index (χ2n) is 3.03. The van der Waals surface area contributed by atoms with Crippen molar-refractivity contribution in [3.8, 4) is 0 Å². The monoisotopic (exact) mass is 171 g/mol. The van der Waals surface area contributed by atoms with Crippen LogP contribution < -0.4 is 0 Å². The summed E-state index contributed by atoms with van der Waals surface area (Å²) in [7, 11) is 0. The summed E-state index contributed by atoms with van der Waals surface area (Å²) in [6, 6.07) is 0. The van der Waals surface area contributed by atoms with Gasteiger partial charge in [0.25, 0.3) is 0 Å². The van der Waals surface area contributed by atoms with Crippen LogP contribution in [0.1, 0.15) is 6.92 Å². The molecule has 0 aromatic carbocycles. The lowest BCUT2D eigenvalue weighted by molar-refractivity contribution is -0.0481. The second-order valence-corrected chi connectivity index (χ2v) is 3.03. The van der Waals surface area contributed by atoms with Gasteiger partial charge in [-0.15, -0.1) is 0 Å². The third-order valence-corrected chi connectivity index (χ3v) is 1.59. The molecule has 0 bridgehead atoms. The molecule has 1 heterocycles. The van der Waals surface area contributed by atoms with Crippen molar-refractivity contribution in [1.29, 1.82) is 0 Å². The van der Waals surface area contributed by atoms with Gasteiger partial charge in [0.1, 0.15) is 13.2 Å². The molecule has 66 valence electrons. The molecule has 12 heavy (non-hydrogen) atoms. The fourth-order valence-electron chi connectivity index (χ4n) is 0.843. The Balaban J connectivity index is 2.49. The van der Waals surface area contributed by atoms with Crippen molar-refractivity contribution in [1.82, 2.24) is 0 Å². The molecule has 1 saturated heterocycles. The Labute approximate surface area is 69.1 Å². The van der Waals surface area contributed by atoms with Crippen LogP contribution in [0.5, 0.6) is 0 Å². The van der Waals surface area contributed by atoms with Crippen LogP contribution in [0, 0.1) is 5.41 Å². The lowest BCUT2D eigenvalue weighted by Crippen LogP contribution is -2.39. The van der Waals surface area contributed by atoms with E-state index in [0.29, 0.717) is 0 Å². The zero-order chi connectivity index (χ0) is 9.03. The first-order valence-electron chi connectivity index (χ1n) is 3.47. The van der Waals surface area contributed by atoms with E-state index in [2.05, 4.69) is 19.5 Å². The van der Waals surface area contributed by atoms with E-state index in [1.54, 1.807) is 0 Å². The van der Waals surface area contributed by atoms with Gasteiger partial charge in [-0.25, -0.2) is 4.79 Å². The van der Waals surface area contributed by atoms with Crippen LogP contribution in [0.25, 0.3) is 10.4 Å². The van der Waals surface area contributed by atoms with E-state index in [9.17, 15) is 4.79 Å². The number of carbonyl (C=O) groups is 1. The van der Waals surface area contributed by atoms with Crippen LogP contribution in [0.15, 0.2) is 5.11 Å². The first-order chi connectivity index (χ1) is 5.66. The van der Waals surface area contributed by atoms with E-state index < -0.39 is 6.16 Å². The Morgan fingerprint density at radius 3 is 2.75 bits per heavy atom. The van der Waals surface area contributed by atoms with Gasteiger partial charge in [-0.2, -0.15) is 0 Å².